The van der Waals surface area contributed by atoms with Crippen molar-refractivity contribution in [2.24, 2.45) is 0 Å². The first-order valence-corrected chi connectivity index (χ1v) is 9.23. The number of carbonyl (C=O) groups excluding carboxylic acids is 1. The predicted molar refractivity (Wildman–Crippen MR) is 89.2 cm³/mol. The van der Waals surface area contributed by atoms with Gasteiger partial charge in [0, 0.05) is 31.6 Å². The largest absolute Gasteiger partial charge is 0.469 e. The van der Waals surface area contributed by atoms with Gasteiger partial charge in [-0.15, -0.1) is 0 Å². The molecule has 1 atom stereocenters. The molecule has 1 unspecified atom stereocenters. The lowest BCUT2D eigenvalue weighted by Gasteiger charge is -2.23. The van der Waals surface area contributed by atoms with E-state index in [1.54, 1.807) is 18.4 Å². The fourth-order valence-corrected chi connectivity index (χ4v) is 3.83. The van der Waals surface area contributed by atoms with Crippen LogP contribution in [-0.4, -0.2) is 32.7 Å². The van der Waals surface area contributed by atoms with Crippen molar-refractivity contribution >= 4 is 15.9 Å². The van der Waals surface area contributed by atoms with Crippen LogP contribution >= 0.6 is 0 Å². The van der Waals surface area contributed by atoms with E-state index < -0.39 is 10.0 Å². The Morgan fingerprint density at radius 1 is 1.29 bits per heavy atom. The van der Waals surface area contributed by atoms with Crippen LogP contribution in [0.1, 0.15) is 40.6 Å². The number of benzene rings is 1. The van der Waals surface area contributed by atoms with Gasteiger partial charge in [-0.05, 0) is 37.1 Å². The zero-order chi connectivity index (χ0) is 17.3. The van der Waals surface area contributed by atoms with Crippen LogP contribution in [0.15, 0.2) is 45.9 Å². The van der Waals surface area contributed by atoms with E-state index in [0.29, 0.717) is 5.56 Å². The number of sulfonamides is 1. The molecule has 7 heteroatoms. The van der Waals surface area contributed by atoms with E-state index in [9.17, 15) is 13.2 Å². The summed E-state index contributed by atoms with van der Waals surface area (Å²) in [5, 5.41) is 2.98. The number of aryl methyl sites for hydroxylation is 1. The monoisotopic (exact) mass is 348 g/mol. The third-order valence-corrected chi connectivity index (χ3v) is 6.04. The maximum Gasteiger partial charge on any atom is 0.251 e. The van der Waals surface area contributed by atoms with Crippen LogP contribution in [0.5, 0.6) is 0 Å². The summed E-state index contributed by atoms with van der Waals surface area (Å²) >= 11 is 0. The summed E-state index contributed by atoms with van der Waals surface area (Å²) in [5.41, 5.74) is 1.33. The third kappa shape index (κ3) is 3.09. The van der Waals surface area contributed by atoms with Crippen LogP contribution in [0.3, 0.4) is 0 Å². The van der Waals surface area contributed by atoms with E-state index in [1.807, 2.05) is 6.07 Å². The van der Waals surface area contributed by atoms with Crippen molar-refractivity contribution < 1.29 is 17.6 Å². The number of hydrogen-bond acceptors (Lipinski definition) is 4. The zero-order valence-corrected chi connectivity index (χ0v) is 14.5. The molecule has 2 aromatic rings. The maximum atomic E-state index is 12.5. The van der Waals surface area contributed by atoms with E-state index in [-0.39, 0.29) is 16.8 Å². The van der Waals surface area contributed by atoms with E-state index in [0.717, 1.165) is 34.9 Å². The van der Waals surface area contributed by atoms with Crippen molar-refractivity contribution in [2.75, 3.05) is 14.1 Å². The standard InChI is InChI=1S/C17H20N2O4S/c1-19(2)24(21,22)13-6-3-5-12(11-13)17(20)18-15-7-4-8-16-14(15)9-10-23-16/h3,5-6,9-11,15H,4,7-8H2,1-2H3,(H,18,20). The average Bonchev–Trinajstić information content (AvgIpc) is 3.04. The smallest absolute Gasteiger partial charge is 0.251 e. The minimum Gasteiger partial charge on any atom is -0.469 e. The van der Waals surface area contributed by atoms with Crippen LogP contribution in [-0.2, 0) is 16.4 Å². The lowest BCUT2D eigenvalue weighted by atomic mass is 9.93. The molecule has 0 radical (unpaired) electrons. The molecular formula is C17H20N2O4S. The lowest BCUT2D eigenvalue weighted by molar-refractivity contribution is 0.0932. The van der Waals surface area contributed by atoms with Crippen LogP contribution in [0.2, 0.25) is 0 Å². The van der Waals surface area contributed by atoms with Gasteiger partial charge >= 0.3 is 0 Å². The van der Waals surface area contributed by atoms with Gasteiger partial charge in [-0.25, -0.2) is 12.7 Å². The topological polar surface area (TPSA) is 79.6 Å². The van der Waals surface area contributed by atoms with Crippen molar-refractivity contribution in [1.29, 1.82) is 0 Å². The fraction of sp³-hybridized carbons (Fsp3) is 0.353. The summed E-state index contributed by atoms with van der Waals surface area (Å²) in [5.74, 6) is 0.625. The molecule has 1 aromatic carbocycles. The Morgan fingerprint density at radius 3 is 2.83 bits per heavy atom. The summed E-state index contributed by atoms with van der Waals surface area (Å²) in [7, 11) is -0.642. The Kier molecular flexibility index (Phi) is 4.47. The number of amides is 1. The summed E-state index contributed by atoms with van der Waals surface area (Å²) in [6.07, 6.45) is 4.30. The van der Waals surface area contributed by atoms with Gasteiger partial charge in [0.2, 0.25) is 10.0 Å². The molecule has 0 spiro atoms. The Balaban J connectivity index is 1.82. The Morgan fingerprint density at radius 2 is 2.08 bits per heavy atom. The molecule has 1 aliphatic rings. The second-order valence-electron chi connectivity index (χ2n) is 6.03. The third-order valence-electron chi connectivity index (χ3n) is 4.23. The molecule has 6 nitrogen and oxygen atoms in total. The molecule has 0 fully saturated rings. The van der Waals surface area contributed by atoms with E-state index in [4.69, 9.17) is 4.42 Å². The molecule has 1 heterocycles. The minimum atomic E-state index is -3.57. The highest BCUT2D eigenvalue weighted by Crippen LogP contribution is 2.30. The molecule has 128 valence electrons. The number of furan rings is 1. The number of rotatable bonds is 4. The van der Waals surface area contributed by atoms with Gasteiger partial charge in [0.05, 0.1) is 17.2 Å². The van der Waals surface area contributed by atoms with Crippen LogP contribution in [0.4, 0.5) is 0 Å². The van der Waals surface area contributed by atoms with Gasteiger partial charge in [0.15, 0.2) is 0 Å². The molecule has 1 aliphatic carbocycles. The predicted octanol–water partition coefficient (Wildman–Crippen LogP) is 2.34. The molecule has 0 aliphatic heterocycles. The van der Waals surface area contributed by atoms with Crippen molar-refractivity contribution in [3.05, 3.63) is 53.5 Å². The van der Waals surface area contributed by atoms with Crippen molar-refractivity contribution in [3.63, 3.8) is 0 Å². The van der Waals surface area contributed by atoms with Crippen molar-refractivity contribution in [1.82, 2.24) is 9.62 Å². The number of carbonyl (C=O) groups is 1. The SMILES string of the molecule is CN(C)S(=O)(=O)c1cccc(C(=O)NC2CCCc3occc32)c1. The maximum absolute atomic E-state index is 12.5. The van der Waals surface area contributed by atoms with Gasteiger partial charge in [-0.2, -0.15) is 0 Å². The summed E-state index contributed by atoms with van der Waals surface area (Å²) < 4.78 is 31.0. The van der Waals surface area contributed by atoms with Crippen molar-refractivity contribution in [2.45, 2.75) is 30.2 Å². The van der Waals surface area contributed by atoms with Crippen LogP contribution < -0.4 is 5.32 Å². The molecule has 0 saturated carbocycles. The van der Waals surface area contributed by atoms with Gasteiger partial charge in [0.1, 0.15) is 5.76 Å². The summed E-state index contributed by atoms with van der Waals surface area (Å²) in [6, 6.07) is 7.87. The molecule has 1 N–H and O–H groups in total. The van der Waals surface area contributed by atoms with Crippen LogP contribution in [0.25, 0.3) is 0 Å². The first kappa shape index (κ1) is 16.7. The highest BCUT2D eigenvalue weighted by molar-refractivity contribution is 7.89. The Hall–Kier alpha value is -2.12. The quantitative estimate of drug-likeness (QED) is 0.920. The van der Waals surface area contributed by atoms with Gasteiger partial charge in [-0.1, -0.05) is 6.07 Å². The highest BCUT2D eigenvalue weighted by Gasteiger charge is 2.25. The van der Waals surface area contributed by atoms with Crippen molar-refractivity contribution in [3.8, 4) is 0 Å². The van der Waals surface area contributed by atoms with E-state index >= 15 is 0 Å². The molecule has 1 amide bonds. The summed E-state index contributed by atoms with van der Waals surface area (Å²) in [4.78, 5) is 12.6. The second-order valence-corrected chi connectivity index (χ2v) is 8.18. The number of fused-ring (bicyclic) bond motifs is 1. The van der Waals surface area contributed by atoms with Gasteiger partial charge in [0.25, 0.3) is 5.91 Å². The number of hydrogen-bond donors (Lipinski definition) is 1. The first-order valence-electron chi connectivity index (χ1n) is 7.79. The summed E-state index contributed by atoms with van der Waals surface area (Å²) in [6.45, 7) is 0. The molecule has 24 heavy (non-hydrogen) atoms. The fourth-order valence-electron chi connectivity index (χ4n) is 2.89. The molecule has 0 saturated heterocycles. The van der Waals surface area contributed by atoms with E-state index in [2.05, 4.69) is 5.32 Å². The normalized spacial score (nSPS) is 17.5. The Labute approximate surface area is 141 Å². The molecule has 1 aromatic heterocycles. The van der Waals surface area contributed by atoms with Gasteiger partial charge in [-0.3, -0.25) is 4.79 Å². The first-order chi connectivity index (χ1) is 11.4. The molecule has 3 rings (SSSR count). The number of nitrogens with one attached hydrogen (secondary N) is 1. The van der Waals surface area contributed by atoms with Crippen LogP contribution in [0, 0.1) is 0 Å². The number of nitrogens with zero attached hydrogens (tertiary/aromatic N) is 1. The highest BCUT2D eigenvalue weighted by atomic mass is 32.2. The average molecular weight is 348 g/mol. The second kappa shape index (κ2) is 6.41. The van der Waals surface area contributed by atoms with E-state index in [1.165, 1.54) is 26.2 Å². The minimum absolute atomic E-state index is 0.103. The Bertz CT molecular complexity index is 855. The zero-order valence-electron chi connectivity index (χ0n) is 13.7. The lowest BCUT2D eigenvalue weighted by Crippen LogP contribution is -2.30. The van der Waals surface area contributed by atoms with Gasteiger partial charge < -0.3 is 9.73 Å². The molecule has 0 bridgehead atoms. The molecular weight excluding hydrogens is 328 g/mol.